The van der Waals surface area contributed by atoms with Crippen LogP contribution in [-0.4, -0.2) is 28.4 Å². The van der Waals surface area contributed by atoms with E-state index in [1.165, 1.54) is 22.3 Å². The summed E-state index contributed by atoms with van der Waals surface area (Å²) in [5.41, 5.74) is 15.2. The van der Waals surface area contributed by atoms with Gasteiger partial charge in [0.05, 0.1) is 28.4 Å². The molecule has 0 saturated carbocycles. The Bertz CT molecular complexity index is 2740. The molecule has 12 rings (SSSR count). The number of hydrogen-bond acceptors (Lipinski definition) is 6. The predicted octanol–water partition coefficient (Wildman–Crippen LogP) is 13.3. The number of hydrogen-bond donors (Lipinski definition) is 0. The van der Waals surface area contributed by atoms with Crippen LogP contribution in [0, 0.1) is 23.7 Å². The summed E-state index contributed by atoms with van der Waals surface area (Å²) in [6.45, 7) is 0. The van der Waals surface area contributed by atoms with Crippen molar-refractivity contribution in [1.82, 2.24) is 0 Å². The second-order valence-electron chi connectivity index (χ2n) is 16.0. The summed E-state index contributed by atoms with van der Waals surface area (Å²) in [6, 6.07) is 62.9. The van der Waals surface area contributed by atoms with Gasteiger partial charge in [-0.15, -0.1) is 0 Å². The van der Waals surface area contributed by atoms with Gasteiger partial charge in [-0.25, -0.2) is 0 Å². The van der Waals surface area contributed by atoms with E-state index in [9.17, 15) is 0 Å². The lowest BCUT2D eigenvalue weighted by atomic mass is 9.91. The van der Waals surface area contributed by atoms with Crippen LogP contribution >= 0.6 is 0 Å². The lowest BCUT2D eigenvalue weighted by molar-refractivity contribution is 0.414. The second kappa shape index (κ2) is 20.0. The van der Waals surface area contributed by atoms with Gasteiger partial charge in [0.25, 0.3) is 0 Å². The fourth-order valence-electron chi connectivity index (χ4n) is 8.27. The van der Waals surface area contributed by atoms with E-state index in [1.807, 2.05) is 48.5 Å². The van der Waals surface area contributed by atoms with Crippen LogP contribution in [-0.2, 0) is 25.7 Å². The SMILES string of the molecule is COc1ccc(N(c2ccc(C#Cc3cc4ccc3CCc3ccc(cc3C#Cc3ccc(N(c5ccc(OC)cc5)c5ccc(OC)cc5)cc3)CC4)cc2)c2ccc(OC)cc2)cc1. The van der Waals surface area contributed by atoms with Crippen molar-refractivity contribution in [3.63, 3.8) is 0 Å². The Labute approximate surface area is 388 Å². The third-order valence-corrected chi connectivity index (χ3v) is 12.0. The fourth-order valence-corrected chi connectivity index (χ4v) is 8.27. The highest BCUT2D eigenvalue weighted by atomic mass is 16.5. The van der Waals surface area contributed by atoms with Gasteiger partial charge < -0.3 is 28.7 Å². The third kappa shape index (κ3) is 9.90. The Kier molecular flexibility index (Phi) is 13.0. The number of anilines is 6. The molecule has 6 nitrogen and oxygen atoms in total. The molecule has 0 atom stereocenters. The molecule has 4 bridgehead atoms. The maximum Gasteiger partial charge on any atom is 0.119 e. The number of nitrogens with zero attached hydrogens (tertiary/aromatic N) is 2. The van der Waals surface area contributed by atoms with Gasteiger partial charge in [0.15, 0.2) is 0 Å². The summed E-state index contributed by atoms with van der Waals surface area (Å²) >= 11 is 0. The standard InChI is InChI=1S/C60H50N2O4/c1-63-57-33-25-53(26-34-57)61(54-27-35-58(64-2)36-28-54)51-21-11-43(12-22-51)7-17-49-41-45-5-6-46-10-16-48(20-19-47(49)15-9-45)50(42-46)18-8-44-13-23-52(24-14-44)62(55-29-37-59(65-3)38-30-55)56-31-39-60(66-4)40-32-56/h9-16,21-42H,5-6,19-20H2,1-4H3. The predicted molar refractivity (Wildman–Crippen MR) is 268 cm³/mol. The topological polar surface area (TPSA) is 43.4 Å². The summed E-state index contributed by atoms with van der Waals surface area (Å²) in [5.74, 6) is 17.4. The number of aryl methyl sites for hydroxylation is 4. The summed E-state index contributed by atoms with van der Waals surface area (Å²) < 4.78 is 21.8. The summed E-state index contributed by atoms with van der Waals surface area (Å²) in [4.78, 5) is 4.43. The van der Waals surface area contributed by atoms with Crippen LogP contribution in [0.4, 0.5) is 34.1 Å². The van der Waals surface area contributed by atoms with Crippen molar-refractivity contribution in [3.8, 4) is 46.7 Å². The van der Waals surface area contributed by atoms with Gasteiger partial charge in [0, 0.05) is 56.4 Å². The lowest BCUT2D eigenvalue weighted by Gasteiger charge is -2.25. The average Bonchev–Trinajstić information content (AvgIpc) is 3.37. The van der Waals surface area contributed by atoms with Crippen molar-refractivity contribution in [2.75, 3.05) is 38.2 Å². The number of rotatable bonds is 10. The first-order valence-corrected chi connectivity index (χ1v) is 22.1. The van der Waals surface area contributed by atoms with Crippen molar-refractivity contribution in [1.29, 1.82) is 0 Å². The van der Waals surface area contributed by atoms with Crippen LogP contribution in [0.25, 0.3) is 0 Å². The first-order valence-electron chi connectivity index (χ1n) is 22.1. The van der Waals surface area contributed by atoms with Gasteiger partial charge in [-0.2, -0.15) is 0 Å². The molecule has 66 heavy (non-hydrogen) atoms. The monoisotopic (exact) mass is 862 g/mol. The van der Waals surface area contributed by atoms with E-state index in [-0.39, 0.29) is 0 Å². The highest BCUT2D eigenvalue weighted by Gasteiger charge is 2.16. The molecule has 0 radical (unpaired) electrons. The molecule has 4 aliphatic carbocycles. The zero-order valence-corrected chi connectivity index (χ0v) is 37.7. The van der Waals surface area contributed by atoms with Crippen LogP contribution < -0.4 is 28.7 Å². The maximum absolute atomic E-state index is 5.44. The maximum atomic E-state index is 5.44. The summed E-state index contributed by atoms with van der Waals surface area (Å²) in [6.07, 6.45) is 3.56. The largest absolute Gasteiger partial charge is 0.497 e. The molecule has 0 saturated heterocycles. The van der Waals surface area contributed by atoms with Gasteiger partial charge in [0.1, 0.15) is 23.0 Å². The summed E-state index contributed by atoms with van der Waals surface area (Å²) in [5, 5.41) is 0. The number of methoxy groups -OCH3 is 4. The zero-order valence-electron chi connectivity index (χ0n) is 37.7. The van der Waals surface area contributed by atoms with E-state index in [1.54, 1.807) is 28.4 Å². The van der Waals surface area contributed by atoms with E-state index in [0.29, 0.717) is 0 Å². The normalized spacial score (nSPS) is 11.5. The molecule has 8 aromatic carbocycles. The molecular formula is C60H50N2O4. The van der Waals surface area contributed by atoms with E-state index in [0.717, 1.165) is 105 Å². The average molecular weight is 863 g/mol. The molecule has 8 aromatic rings. The minimum atomic E-state index is 0.810. The Balaban J connectivity index is 0.941. The Morgan fingerprint density at radius 2 is 0.576 bits per heavy atom. The minimum Gasteiger partial charge on any atom is -0.497 e. The molecule has 0 N–H and O–H groups in total. The lowest BCUT2D eigenvalue weighted by Crippen LogP contribution is -2.09. The van der Waals surface area contributed by atoms with Crippen LogP contribution in [0.1, 0.15) is 44.5 Å². The quantitative estimate of drug-likeness (QED) is 0.128. The van der Waals surface area contributed by atoms with Crippen LogP contribution in [0.5, 0.6) is 23.0 Å². The zero-order chi connectivity index (χ0) is 45.2. The summed E-state index contributed by atoms with van der Waals surface area (Å²) in [7, 11) is 6.73. The fraction of sp³-hybridized carbons (Fsp3) is 0.133. The van der Waals surface area contributed by atoms with E-state index < -0.39 is 0 Å². The van der Waals surface area contributed by atoms with Gasteiger partial charge >= 0.3 is 0 Å². The van der Waals surface area contributed by atoms with E-state index in [2.05, 4.69) is 167 Å². The highest BCUT2D eigenvalue weighted by molar-refractivity contribution is 5.79. The van der Waals surface area contributed by atoms with Crippen molar-refractivity contribution in [3.05, 3.63) is 226 Å². The molecule has 0 unspecified atom stereocenters. The van der Waals surface area contributed by atoms with Gasteiger partial charge in [-0.1, -0.05) is 47.9 Å². The molecule has 0 spiro atoms. The number of ether oxygens (including phenoxy) is 4. The van der Waals surface area contributed by atoms with Crippen molar-refractivity contribution >= 4 is 34.1 Å². The first kappa shape index (κ1) is 43.0. The Morgan fingerprint density at radius 1 is 0.303 bits per heavy atom. The second-order valence-corrected chi connectivity index (χ2v) is 16.0. The molecule has 0 aromatic heterocycles. The van der Waals surface area contributed by atoms with Crippen molar-refractivity contribution < 1.29 is 18.9 Å². The molecule has 0 aliphatic heterocycles. The molecular weight excluding hydrogens is 813 g/mol. The van der Waals surface area contributed by atoms with Crippen LogP contribution in [0.3, 0.4) is 0 Å². The van der Waals surface area contributed by atoms with Crippen LogP contribution in [0.2, 0.25) is 0 Å². The molecule has 6 heteroatoms. The number of benzene rings is 8. The Morgan fingerprint density at radius 3 is 0.848 bits per heavy atom. The molecule has 0 heterocycles. The molecule has 324 valence electrons. The molecule has 0 amide bonds. The van der Waals surface area contributed by atoms with Crippen LogP contribution in [0.15, 0.2) is 182 Å². The first-order chi connectivity index (χ1) is 32.5. The Hall–Kier alpha value is -8.32. The van der Waals surface area contributed by atoms with Crippen molar-refractivity contribution in [2.24, 2.45) is 0 Å². The highest BCUT2D eigenvalue weighted by Crippen LogP contribution is 2.38. The van der Waals surface area contributed by atoms with Gasteiger partial charge in [-0.3, -0.25) is 0 Å². The molecule has 4 aliphatic rings. The minimum absolute atomic E-state index is 0.810. The molecule has 0 fully saturated rings. The van der Waals surface area contributed by atoms with E-state index >= 15 is 0 Å². The van der Waals surface area contributed by atoms with E-state index in [4.69, 9.17) is 18.9 Å². The van der Waals surface area contributed by atoms with Crippen molar-refractivity contribution in [2.45, 2.75) is 25.7 Å². The van der Waals surface area contributed by atoms with Gasteiger partial charge in [0.2, 0.25) is 0 Å². The third-order valence-electron chi connectivity index (χ3n) is 12.0. The smallest absolute Gasteiger partial charge is 0.119 e. The van der Waals surface area contributed by atoms with Gasteiger partial charge in [-0.05, 0) is 206 Å².